The molecule has 2 N–H and O–H groups in total. The molecule has 0 atom stereocenters. The molecule has 6 heteroatoms. The van der Waals surface area contributed by atoms with Crippen molar-refractivity contribution in [3.8, 4) is 5.75 Å². The molecule has 76 valence electrons. The van der Waals surface area contributed by atoms with Gasteiger partial charge in [0.25, 0.3) is 5.91 Å². The van der Waals surface area contributed by atoms with Crippen LogP contribution < -0.4 is 10.5 Å². The van der Waals surface area contributed by atoms with E-state index in [4.69, 9.17) is 0 Å². The number of H-pyrrole nitrogens is 1. The molecule has 1 aliphatic heterocycles. The second-order valence-corrected chi connectivity index (χ2v) is 3.87. The van der Waals surface area contributed by atoms with Gasteiger partial charge in [0, 0.05) is 7.05 Å². The van der Waals surface area contributed by atoms with Crippen LogP contribution in [-0.4, -0.2) is 27.8 Å². The molecule has 1 aliphatic rings. The second kappa shape index (κ2) is 2.20. The van der Waals surface area contributed by atoms with Crippen LogP contribution in [-0.2, 0) is 10.3 Å². The highest BCUT2D eigenvalue weighted by Crippen LogP contribution is 2.36. The minimum atomic E-state index is -0.843. The van der Waals surface area contributed by atoms with E-state index in [0.29, 0.717) is 0 Å². The Morgan fingerprint density at radius 3 is 2.43 bits per heavy atom. The van der Waals surface area contributed by atoms with Crippen molar-refractivity contribution in [2.75, 3.05) is 11.9 Å². The molecule has 6 nitrogen and oxygen atoms in total. The highest BCUT2D eigenvalue weighted by atomic mass is 16.3. The van der Waals surface area contributed by atoms with E-state index < -0.39 is 16.8 Å². The van der Waals surface area contributed by atoms with Gasteiger partial charge in [-0.05, 0) is 13.8 Å². The SMILES string of the molecule is CN1C(=O)C(C)(C)n2[nH]c(=O)c(O)c21. The average Bonchev–Trinajstić information content (AvgIpc) is 2.48. The van der Waals surface area contributed by atoms with Crippen LogP contribution in [0.4, 0.5) is 5.82 Å². The summed E-state index contributed by atoms with van der Waals surface area (Å²) in [5.41, 5.74) is -1.42. The highest BCUT2D eigenvalue weighted by molar-refractivity contribution is 6.02. The number of hydrogen-bond donors (Lipinski definition) is 2. The smallest absolute Gasteiger partial charge is 0.308 e. The van der Waals surface area contributed by atoms with Gasteiger partial charge in [0.05, 0.1) is 0 Å². The molecule has 0 spiro atoms. The van der Waals surface area contributed by atoms with E-state index in [2.05, 4.69) is 5.10 Å². The maximum absolute atomic E-state index is 11.7. The first kappa shape index (κ1) is 8.86. The molecule has 2 rings (SSSR count). The Kier molecular flexibility index (Phi) is 1.39. The maximum Gasteiger partial charge on any atom is 0.308 e. The van der Waals surface area contributed by atoms with Gasteiger partial charge in [-0.1, -0.05) is 0 Å². The lowest BCUT2D eigenvalue weighted by atomic mass is 10.1. The number of aromatic hydroxyl groups is 1. The van der Waals surface area contributed by atoms with E-state index in [1.165, 1.54) is 16.6 Å². The summed E-state index contributed by atoms with van der Waals surface area (Å²) < 4.78 is 1.38. The van der Waals surface area contributed by atoms with Crippen LogP contribution >= 0.6 is 0 Å². The molecule has 0 radical (unpaired) electrons. The number of hydrogen-bond acceptors (Lipinski definition) is 3. The summed E-state index contributed by atoms with van der Waals surface area (Å²) >= 11 is 0. The van der Waals surface area contributed by atoms with Crippen molar-refractivity contribution in [2.24, 2.45) is 0 Å². The molecule has 0 saturated carbocycles. The van der Waals surface area contributed by atoms with Gasteiger partial charge in [0.15, 0.2) is 5.82 Å². The van der Waals surface area contributed by atoms with Crippen LogP contribution in [0.15, 0.2) is 4.79 Å². The van der Waals surface area contributed by atoms with E-state index >= 15 is 0 Å². The molecule has 1 aromatic heterocycles. The zero-order valence-electron chi connectivity index (χ0n) is 8.16. The highest BCUT2D eigenvalue weighted by Gasteiger charge is 2.45. The number of carbonyl (C=O) groups is 1. The van der Waals surface area contributed by atoms with Crippen LogP contribution in [0.3, 0.4) is 0 Å². The first-order valence-corrected chi connectivity index (χ1v) is 4.20. The van der Waals surface area contributed by atoms with Crippen molar-refractivity contribution in [2.45, 2.75) is 19.4 Å². The molecule has 0 unspecified atom stereocenters. The summed E-state index contributed by atoms with van der Waals surface area (Å²) in [5.74, 6) is -0.351. The maximum atomic E-state index is 11.7. The van der Waals surface area contributed by atoms with Crippen molar-refractivity contribution < 1.29 is 9.90 Å². The lowest BCUT2D eigenvalue weighted by molar-refractivity contribution is -0.123. The Morgan fingerprint density at radius 1 is 1.36 bits per heavy atom. The van der Waals surface area contributed by atoms with Crippen LogP contribution in [0.1, 0.15) is 13.8 Å². The summed E-state index contributed by atoms with van der Waals surface area (Å²) in [6, 6.07) is 0. The minimum Gasteiger partial charge on any atom is -0.500 e. The first-order chi connectivity index (χ1) is 6.37. The number of aromatic nitrogens is 2. The van der Waals surface area contributed by atoms with Gasteiger partial charge < -0.3 is 5.11 Å². The Hall–Kier alpha value is -1.72. The topological polar surface area (TPSA) is 78.3 Å². The van der Waals surface area contributed by atoms with Crippen molar-refractivity contribution in [3.05, 3.63) is 10.4 Å². The lowest BCUT2D eigenvalue weighted by Gasteiger charge is -2.16. The summed E-state index contributed by atoms with van der Waals surface area (Å²) in [6.45, 7) is 3.36. The Morgan fingerprint density at radius 2 is 1.93 bits per heavy atom. The molecule has 14 heavy (non-hydrogen) atoms. The van der Waals surface area contributed by atoms with Crippen LogP contribution in [0, 0.1) is 0 Å². The molecule has 0 fully saturated rings. The minimum absolute atomic E-state index is 0.168. The molecule has 1 aromatic rings. The van der Waals surface area contributed by atoms with Crippen molar-refractivity contribution >= 4 is 11.7 Å². The predicted octanol–water partition coefficient (Wildman–Crippen LogP) is -0.407. The van der Waals surface area contributed by atoms with Crippen LogP contribution in [0.2, 0.25) is 0 Å². The quantitative estimate of drug-likeness (QED) is 0.593. The average molecular weight is 197 g/mol. The van der Waals surface area contributed by atoms with Gasteiger partial charge in [-0.3, -0.25) is 24.3 Å². The molecule has 1 amide bonds. The largest absolute Gasteiger partial charge is 0.500 e. The number of likely N-dealkylation sites (N-methyl/N-ethyl adjacent to an activating group) is 1. The Balaban J connectivity index is 2.79. The predicted molar refractivity (Wildman–Crippen MR) is 49.4 cm³/mol. The fraction of sp³-hybridized carbons (Fsp3) is 0.500. The summed E-state index contributed by atoms with van der Waals surface area (Å²) in [6.07, 6.45) is 0. The molecule has 0 aromatic carbocycles. The number of nitrogens with zero attached hydrogens (tertiary/aromatic N) is 2. The third-order valence-electron chi connectivity index (χ3n) is 2.56. The zero-order valence-corrected chi connectivity index (χ0v) is 8.16. The second-order valence-electron chi connectivity index (χ2n) is 3.87. The van der Waals surface area contributed by atoms with Gasteiger partial charge in [0.1, 0.15) is 5.54 Å². The van der Waals surface area contributed by atoms with Gasteiger partial charge >= 0.3 is 5.56 Å². The third-order valence-corrected chi connectivity index (χ3v) is 2.56. The molecular formula is C8H11N3O3. The number of aromatic amines is 1. The number of fused-ring (bicyclic) bond motifs is 1. The molecule has 0 saturated heterocycles. The van der Waals surface area contributed by atoms with Crippen LogP contribution in [0.25, 0.3) is 0 Å². The molecular weight excluding hydrogens is 186 g/mol. The van der Waals surface area contributed by atoms with Crippen molar-refractivity contribution in [1.29, 1.82) is 0 Å². The summed E-state index contributed by atoms with van der Waals surface area (Å²) in [4.78, 5) is 24.1. The number of rotatable bonds is 0. The van der Waals surface area contributed by atoms with E-state index in [1.807, 2.05) is 0 Å². The summed E-state index contributed by atoms with van der Waals surface area (Å²) in [7, 11) is 1.52. The van der Waals surface area contributed by atoms with E-state index in [-0.39, 0.29) is 11.7 Å². The number of nitrogens with one attached hydrogen (secondary N) is 1. The Bertz CT molecular complexity index is 469. The first-order valence-electron chi connectivity index (χ1n) is 4.20. The Labute approximate surface area is 79.7 Å². The number of carbonyl (C=O) groups excluding carboxylic acids is 1. The number of anilines is 1. The molecule has 0 aliphatic carbocycles. The van der Waals surface area contributed by atoms with Crippen LogP contribution in [0.5, 0.6) is 5.75 Å². The van der Waals surface area contributed by atoms with E-state index in [1.54, 1.807) is 13.8 Å². The van der Waals surface area contributed by atoms with Crippen molar-refractivity contribution in [1.82, 2.24) is 9.78 Å². The third kappa shape index (κ3) is 0.753. The van der Waals surface area contributed by atoms with E-state index in [9.17, 15) is 14.7 Å². The normalized spacial score (nSPS) is 18.8. The summed E-state index contributed by atoms with van der Waals surface area (Å²) in [5, 5.41) is 11.8. The zero-order chi connectivity index (χ0) is 10.7. The van der Waals surface area contributed by atoms with Crippen molar-refractivity contribution in [3.63, 3.8) is 0 Å². The fourth-order valence-electron chi connectivity index (χ4n) is 1.73. The lowest BCUT2D eigenvalue weighted by Crippen LogP contribution is -2.37. The number of amides is 1. The van der Waals surface area contributed by atoms with Gasteiger partial charge in [0.2, 0.25) is 5.75 Å². The van der Waals surface area contributed by atoms with Gasteiger partial charge in [-0.15, -0.1) is 0 Å². The van der Waals surface area contributed by atoms with E-state index in [0.717, 1.165) is 0 Å². The van der Waals surface area contributed by atoms with Gasteiger partial charge in [-0.2, -0.15) is 0 Å². The molecule has 0 bridgehead atoms. The standard InChI is InChI=1S/C8H11N3O3/c1-8(2)7(14)10(3)6-4(12)5(13)9-11(6)8/h12H,1-3H3,(H,9,13). The monoisotopic (exact) mass is 197 g/mol. The van der Waals surface area contributed by atoms with Gasteiger partial charge in [-0.25, -0.2) is 0 Å². The fourth-order valence-corrected chi connectivity index (χ4v) is 1.73. The molecule has 2 heterocycles.